The van der Waals surface area contributed by atoms with E-state index in [1.165, 1.54) is 32.4 Å². The van der Waals surface area contributed by atoms with Crippen LogP contribution in [0.4, 0.5) is 5.13 Å². The third-order valence-electron chi connectivity index (χ3n) is 5.36. The number of aromatic nitrogens is 1. The van der Waals surface area contributed by atoms with Crippen LogP contribution in [0.5, 0.6) is 0 Å². The first kappa shape index (κ1) is 16.6. The minimum Gasteiger partial charge on any atom is -0.396 e. The van der Waals surface area contributed by atoms with Gasteiger partial charge in [0.25, 0.3) is 0 Å². The van der Waals surface area contributed by atoms with E-state index in [-0.39, 0.29) is 6.61 Å². The molecule has 2 aliphatic rings. The molecule has 0 aliphatic carbocycles. The summed E-state index contributed by atoms with van der Waals surface area (Å²) in [5.74, 6) is 0.881. The maximum absolute atomic E-state index is 9.83. The molecule has 2 saturated heterocycles. The zero-order chi connectivity index (χ0) is 16.5. The molecule has 2 aliphatic heterocycles. The van der Waals surface area contributed by atoms with E-state index in [0.29, 0.717) is 11.8 Å². The van der Waals surface area contributed by atoms with Crippen molar-refractivity contribution in [2.75, 3.05) is 44.2 Å². The van der Waals surface area contributed by atoms with Gasteiger partial charge in [-0.1, -0.05) is 29.4 Å². The molecule has 0 saturated carbocycles. The molecule has 2 fully saturated rings. The van der Waals surface area contributed by atoms with Crippen LogP contribution in [-0.4, -0.2) is 54.3 Å². The van der Waals surface area contributed by atoms with Crippen molar-refractivity contribution in [2.45, 2.75) is 19.3 Å². The highest BCUT2D eigenvalue weighted by Crippen LogP contribution is 2.35. The summed E-state index contributed by atoms with van der Waals surface area (Å²) in [6.07, 6.45) is 4.00. The lowest BCUT2D eigenvalue weighted by Gasteiger charge is -2.30. The predicted molar refractivity (Wildman–Crippen MR) is 101 cm³/mol. The van der Waals surface area contributed by atoms with Crippen molar-refractivity contribution >= 4 is 38.3 Å². The first-order valence-corrected chi connectivity index (χ1v) is 10.1. The monoisotopic (exact) mass is 365 g/mol. The normalized spacial score (nSPS) is 25.7. The average molecular weight is 366 g/mol. The Kier molecular flexibility index (Phi) is 4.95. The van der Waals surface area contributed by atoms with Crippen molar-refractivity contribution in [1.82, 2.24) is 9.88 Å². The summed E-state index contributed by atoms with van der Waals surface area (Å²) in [5, 5.41) is 11.6. The Balaban J connectivity index is 1.49. The van der Waals surface area contributed by atoms with Crippen LogP contribution in [0.25, 0.3) is 10.2 Å². The molecule has 0 radical (unpaired) electrons. The highest BCUT2D eigenvalue weighted by atomic mass is 35.5. The number of nitrogens with zero attached hydrogens (tertiary/aromatic N) is 3. The molecule has 0 spiro atoms. The fourth-order valence-corrected chi connectivity index (χ4v) is 5.26. The quantitative estimate of drug-likeness (QED) is 0.900. The SMILES string of the molecule is OC[C@@H]1CN(c2nc3ccc(Cl)cc3s2)C[C@@H]1CN1CCCCC1. The van der Waals surface area contributed by atoms with E-state index in [4.69, 9.17) is 16.6 Å². The molecule has 4 rings (SSSR count). The Morgan fingerprint density at radius 1 is 1.17 bits per heavy atom. The number of anilines is 1. The van der Waals surface area contributed by atoms with Crippen molar-refractivity contribution in [1.29, 1.82) is 0 Å². The molecule has 130 valence electrons. The van der Waals surface area contributed by atoms with Crippen LogP contribution in [-0.2, 0) is 0 Å². The topological polar surface area (TPSA) is 39.6 Å². The highest BCUT2D eigenvalue weighted by molar-refractivity contribution is 7.22. The van der Waals surface area contributed by atoms with Gasteiger partial charge in [-0.3, -0.25) is 0 Å². The Morgan fingerprint density at radius 3 is 2.75 bits per heavy atom. The number of rotatable bonds is 4. The van der Waals surface area contributed by atoms with Crippen LogP contribution in [0.1, 0.15) is 19.3 Å². The van der Waals surface area contributed by atoms with E-state index in [0.717, 1.165) is 40.0 Å². The van der Waals surface area contributed by atoms with E-state index in [1.807, 2.05) is 18.2 Å². The minimum atomic E-state index is 0.270. The first-order valence-electron chi connectivity index (χ1n) is 8.87. The van der Waals surface area contributed by atoms with E-state index in [9.17, 15) is 5.11 Å². The second-order valence-electron chi connectivity index (χ2n) is 7.08. The van der Waals surface area contributed by atoms with Gasteiger partial charge in [0.1, 0.15) is 0 Å². The largest absolute Gasteiger partial charge is 0.396 e. The van der Waals surface area contributed by atoms with Crippen LogP contribution < -0.4 is 4.90 Å². The lowest BCUT2D eigenvalue weighted by molar-refractivity contribution is 0.149. The molecule has 1 aromatic heterocycles. The first-order chi connectivity index (χ1) is 11.7. The number of likely N-dealkylation sites (tertiary alicyclic amines) is 1. The van der Waals surface area contributed by atoms with Gasteiger partial charge in [-0.15, -0.1) is 0 Å². The number of hydrogen-bond acceptors (Lipinski definition) is 5. The summed E-state index contributed by atoms with van der Waals surface area (Å²) in [6.45, 7) is 5.71. The lowest BCUT2D eigenvalue weighted by Crippen LogP contribution is -2.37. The maximum atomic E-state index is 9.83. The predicted octanol–water partition coefficient (Wildman–Crippen LogP) is 3.48. The standard InChI is InChI=1S/C18H24ClN3OS/c19-15-4-5-16-17(8-15)24-18(20-16)22-10-13(14(11-22)12-23)9-21-6-2-1-3-7-21/h4-5,8,13-14,23H,1-3,6-7,9-12H2/t13-,14-/m0/s1. The molecular formula is C18H24ClN3OS. The Labute approximate surface area is 152 Å². The molecule has 4 nitrogen and oxygen atoms in total. The minimum absolute atomic E-state index is 0.270. The Morgan fingerprint density at radius 2 is 1.96 bits per heavy atom. The van der Waals surface area contributed by atoms with E-state index < -0.39 is 0 Å². The van der Waals surface area contributed by atoms with E-state index >= 15 is 0 Å². The van der Waals surface area contributed by atoms with Gasteiger partial charge in [-0.25, -0.2) is 4.98 Å². The molecule has 6 heteroatoms. The van der Waals surface area contributed by atoms with Gasteiger partial charge in [-0.2, -0.15) is 0 Å². The molecule has 0 unspecified atom stereocenters. The fraction of sp³-hybridized carbons (Fsp3) is 0.611. The van der Waals surface area contributed by atoms with Gasteiger partial charge in [-0.05, 0) is 50.0 Å². The third kappa shape index (κ3) is 3.40. The molecule has 2 aromatic rings. The fourth-order valence-electron chi connectivity index (χ4n) is 4.00. The third-order valence-corrected chi connectivity index (χ3v) is 6.68. The molecule has 0 amide bonds. The highest BCUT2D eigenvalue weighted by Gasteiger charge is 2.35. The van der Waals surface area contributed by atoms with Crippen LogP contribution in [0.3, 0.4) is 0 Å². The van der Waals surface area contributed by atoms with Crippen LogP contribution in [0, 0.1) is 11.8 Å². The summed E-state index contributed by atoms with van der Waals surface area (Å²) in [5.41, 5.74) is 1.01. The number of thiazole rings is 1. The molecule has 1 N–H and O–H groups in total. The van der Waals surface area contributed by atoms with Gasteiger partial charge in [0.05, 0.1) is 10.2 Å². The van der Waals surface area contributed by atoms with Crippen molar-refractivity contribution in [3.63, 3.8) is 0 Å². The van der Waals surface area contributed by atoms with Gasteiger partial charge in [0.15, 0.2) is 5.13 Å². The van der Waals surface area contributed by atoms with Gasteiger partial charge in [0, 0.05) is 37.2 Å². The molecule has 1 aromatic carbocycles. The van der Waals surface area contributed by atoms with Crippen LogP contribution in [0.2, 0.25) is 5.02 Å². The second-order valence-corrected chi connectivity index (χ2v) is 8.52. The van der Waals surface area contributed by atoms with Crippen molar-refractivity contribution in [3.8, 4) is 0 Å². The van der Waals surface area contributed by atoms with Crippen molar-refractivity contribution in [2.24, 2.45) is 11.8 Å². The molecule has 3 heterocycles. The number of hydrogen-bond donors (Lipinski definition) is 1. The Bertz CT molecular complexity index is 701. The van der Waals surface area contributed by atoms with E-state index in [2.05, 4.69) is 9.80 Å². The Hall–Kier alpha value is -0.880. The van der Waals surface area contributed by atoms with Gasteiger partial charge < -0.3 is 14.9 Å². The van der Waals surface area contributed by atoms with Gasteiger partial charge >= 0.3 is 0 Å². The number of fused-ring (bicyclic) bond motifs is 1. The molecule has 24 heavy (non-hydrogen) atoms. The number of piperidine rings is 1. The summed E-state index contributed by atoms with van der Waals surface area (Å²) in [7, 11) is 0. The van der Waals surface area contributed by atoms with Gasteiger partial charge in [0.2, 0.25) is 0 Å². The maximum Gasteiger partial charge on any atom is 0.186 e. The smallest absolute Gasteiger partial charge is 0.186 e. The van der Waals surface area contributed by atoms with Crippen LogP contribution in [0.15, 0.2) is 18.2 Å². The van der Waals surface area contributed by atoms with Crippen LogP contribution >= 0.6 is 22.9 Å². The number of halogens is 1. The second kappa shape index (κ2) is 7.16. The molecule has 2 atom stereocenters. The van der Waals surface area contributed by atoms with Crippen molar-refractivity contribution < 1.29 is 5.11 Å². The van der Waals surface area contributed by atoms with E-state index in [1.54, 1.807) is 11.3 Å². The summed E-state index contributed by atoms with van der Waals surface area (Å²) < 4.78 is 1.14. The van der Waals surface area contributed by atoms with Crippen molar-refractivity contribution in [3.05, 3.63) is 23.2 Å². The number of benzene rings is 1. The average Bonchev–Trinajstić information content (AvgIpc) is 3.19. The zero-order valence-electron chi connectivity index (χ0n) is 13.8. The summed E-state index contributed by atoms with van der Waals surface area (Å²) >= 11 is 7.80. The number of aliphatic hydroxyl groups excluding tert-OH is 1. The lowest BCUT2D eigenvalue weighted by atomic mass is 9.95. The zero-order valence-corrected chi connectivity index (χ0v) is 15.4. The summed E-state index contributed by atoms with van der Waals surface area (Å²) in [6, 6.07) is 5.87. The molecular weight excluding hydrogens is 342 g/mol. The number of aliphatic hydroxyl groups is 1. The summed E-state index contributed by atoms with van der Waals surface area (Å²) in [4.78, 5) is 9.71. The molecule has 0 bridgehead atoms.